The Bertz CT molecular complexity index is 544. The first-order valence-electron chi connectivity index (χ1n) is 6.76. The van der Waals surface area contributed by atoms with Crippen molar-refractivity contribution in [3.8, 4) is 0 Å². The van der Waals surface area contributed by atoms with E-state index in [2.05, 4.69) is 56.2 Å². The van der Waals surface area contributed by atoms with Gasteiger partial charge in [-0.2, -0.15) is 0 Å². The van der Waals surface area contributed by atoms with Crippen molar-refractivity contribution < 1.29 is 0 Å². The zero-order valence-corrected chi connectivity index (χ0v) is 12.1. The van der Waals surface area contributed by atoms with Crippen LogP contribution in [0, 0.1) is 0 Å². The van der Waals surface area contributed by atoms with Crippen LogP contribution in [0.15, 0.2) is 18.2 Å². The number of hydrogen-bond donors (Lipinski definition) is 2. The van der Waals surface area contributed by atoms with Gasteiger partial charge in [-0.25, -0.2) is 0 Å². The average molecular weight is 244 g/mol. The lowest BCUT2D eigenvalue weighted by atomic mass is 9.86. The van der Waals surface area contributed by atoms with E-state index >= 15 is 0 Å². The number of benzene rings is 1. The van der Waals surface area contributed by atoms with Crippen molar-refractivity contribution in [1.82, 2.24) is 10.3 Å². The van der Waals surface area contributed by atoms with Crippen LogP contribution >= 0.6 is 0 Å². The molecule has 0 unspecified atom stereocenters. The van der Waals surface area contributed by atoms with Gasteiger partial charge in [0.25, 0.3) is 0 Å². The highest BCUT2D eigenvalue weighted by Gasteiger charge is 2.16. The minimum atomic E-state index is 0.208. The molecule has 98 valence electrons. The average Bonchev–Trinajstić information content (AvgIpc) is 2.64. The fourth-order valence-electron chi connectivity index (χ4n) is 2.50. The highest BCUT2D eigenvalue weighted by molar-refractivity contribution is 5.85. The molecule has 0 aliphatic heterocycles. The van der Waals surface area contributed by atoms with E-state index < -0.39 is 0 Å². The van der Waals surface area contributed by atoms with Crippen LogP contribution in [0.25, 0.3) is 10.9 Å². The number of aryl methyl sites for hydroxylation is 1. The molecular formula is C16H24N2. The summed E-state index contributed by atoms with van der Waals surface area (Å²) in [5.41, 5.74) is 5.64. The molecular weight excluding hydrogens is 220 g/mol. The molecule has 2 aromatic rings. The third-order valence-corrected chi connectivity index (χ3v) is 3.57. The lowest BCUT2D eigenvalue weighted by Crippen LogP contribution is -2.10. The molecule has 18 heavy (non-hydrogen) atoms. The summed E-state index contributed by atoms with van der Waals surface area (Å²) in [6.07, 6.45) is 1.07. The smallest absolute Gasteiger partial charge is 0.0459 e. The van der Waals surface area contributed by atoms with E-state index in [0.717, 1.165) is 13.0 Å². The predicted molar refractivity (Wildman–Crippen MR) is 79.1 cm³/mol. The molecule has 0 fully saturated rings. The highest BCUT2D eigenvalue weighted by Crippen LogP contribution is 2.29. The SMILES string of the molecule is CCc1c(CNC)[nH]c2ccc(C(C)(C)C)cc12. The second-order valence-corrected chi connectivity index (χ2v) is 5.98. The van der Waals surface area contributed by atoms with Gasteiger partial charge in [0.15, 0.2) is 0 Å². The molecule has 2 rings (SSSR count). The third-order valence-electron chi connectivity index (χ3n) is 3.57. The van der Waals surface area contributed by atoms with Crippen molar-refractivity contribution in [3.63, 3.8) is 0 Å². The van der Waals surface area contributed by atoms with Gasteiger partial charge in [0.2, 0.25) is 0 Å². The van der Waals surface area contributed by atoms with Crippen LogP contribution in [0.5, 0.6) is 0 Å². The Morgan fingerprint density at radius 2 is 1.94 bits per heavy atom. The topological polar surface area (TPSA) is 27.8 Å². The Kier molecular flexibility index (Phi) is 3.49. The van der Waals surface area contributed by atoms with Gasteiger partial charge in [-0.1, -0.05) is 33.8 Å². The predicted octanol–water partition coefficient (Wildman–Crippen LogP) is 3.75. The number of aromatic amines is 1. The van der Waals surface area contributed by atoms with E-state index in [1.165, 1.54) is 27.7 Å². The molecule has 2 N–H and O–H groups in total. The maximum atomic E-state index is 3.53. The van der Waals surface area contributed by atoms with Gasteiger partial charge in [0, 0.05) is 23.1 Å². The first kappa shape index (κ1) is 13.2. The van der Waals surface area contributed by atoms with Gasteiger partial charge < -0.3 is 10.3 Å². The Morgan fingerprint density at radius 1 is 1.22 bits per heavy atom. The zero-order valence-electron chi connectivity index (χ0n) is 12.1. The monoisotopic (exact) mass is 244 g/mol. The van der Waals surface area contributed by atoms with Gasteiger partial charge in [-0.3, -0.25) is 0 Å². The summed E-state index contributed by atoms with van der Waals surface area (Å²) >= 11 is 0. The van der Waals surface area contributed by atoms with Crippen LogP contribution in [-0.4, -0.2) is 12.0 Å². The van der Waals surface area contributed by atoms with E-state index in [1.54, 1.807) is 0 Å². The standard InChI is InChI=1S/C16H24N2/c1-6-12-13-9-11(16(2,3)4)7-8-14(13)18-15(12)10-17-5/h7-9,17-18H,6,10H2,1-5H3. The first-order valence-corrected chi connectivity index (χ1v) is 6.76. The van der Waals surface area contributed by atoms with Crippen molar-refractivity contribution >= 4 is 10.9 Å². The molecule has 2 heteroatoms. The molecule has 0 bridgehead atoms. The second-order valence-electron chi connectivity index (χ2n) is 5.98. The maximum Gasteiger partial charge on any atom is 0.0459 e. The lowest BCUT2D eigenvalue weighted by molar-refractivity contribution is 0.591. The molecule has 0 atom stereocenters. The van der Waals surface area contributed by atoms with E-state index in [0.29, 0.717) is 0 Å². The number of nitrogens with one attached hydrogen (secondary N) is 2. The molecule has 0 aliphatic rings. The second kappa shape index (κ2) is 4.77. The normalized spacial score (nSPS) is 12.3. The Balaban J connectivity index is 2.61. The van der Waals surface area contributed by atoms with Crippen molar-refractivity contribution in [2.45, 2.75) is 46.1 Å². The summed E-state index contributed by atoms with van der Waals surface area (Å²) in [6.45, 7) is 9.93. The fourth-order valence-corrected chi connectivity index (χ4v) is 2.50. The minimum absolute atomic E-state index is 0.208. The van der Waals surface area contributed by atoms with Crippen LogP contribution < -0.4 is 5.32 Å². The van der Waals surface area contributed by atoms with Crippen LogP contribution in [0.2, 0.25) is 0 Å². The molecule has 0 spiro atoms. The molecule has 1 aromatic heterocycles. The molecule has 1 heterocycles. The van der Waals surface area contributed by atoms with Crippen molar-refractivity contribution in [2.24, 2.45) is 0 Å². The van der Waals surface area contributed by atoms with Crippen LogP contribution in [-0.2, 0) is 18.4 Å². The summed E-state index contributed by atoms with van der Waals surface area (Å²) < 4.78 is 0. The van der Waals surface area contributed by atoms with E-state index in [9.17, 15) is 0 Å². The van der Waals surface area contributed by atoms with Gasteiger partial charge in [-0.05, 0) is 42.1 Å². The molecule has 0 amide bonds. The van der Waals surface area contributed by atoms with Gasteiger partial charge >= 0.3 is 0 Å². The number of hydrogen-bond acceptors (Lipinski definition) is 1. The highest BCUT2D eigenvalue weighted by atomic mass is 14.9. The quantitative estimate of drug-likeness (QED) is 0.845. The van der Waals surface area contributed by atoms with Crippen molar-refractivity contribution in [3.05, 3.63) is 35.0 Å². The van der Waals surface area contributed by atoms with Crippen LogP contribution in [0.3, 0.4) is 0 Å². The summed E-state index contributed by atoms with van der Waals surface area (Å²) in [5, 5.41) is 4.62. The molecule has 0 radical (unpaired) electrons. The Labute approximate surface area is 110 Å². The van der Waals surface area contributed by atoms with E-state index in [1.807, 2.05) is 7.05 Å². The van der Waals surface area contributed by atoms with Gasteiger partial charge in [0.05, 0.1) is 0 Å². The molecule has 0 saturated heterocycles. The molecule has 1 aromatic carbocycles. The maximum absolute atomic E-state index is 3.53. The summed E-state index contributed by atoms with van der Waals surface area (Å²) in [4.78, 5) is 3.53. The summed E-state index contributed by atoms with van der Waals surface area (Å²) in [7, 11) is 1.99. The van der Waals surface area contributed by atoms with Crippen molar-refractivity contribution in [1.29, 1.82) is 0 Å². The molecule has 0 aliphatic carbocycles. The largest absolute Gasteiger partial charge is 0.357 e. The number of rotatable bonds is 3. The summed E-state index contributed by atoms with van der Waals surface area (Å²) in [6, 6.07) is 6.81. The molecule has 0 saturated carbocycles. The fraction of sp³-hybridized carbons (Fsp3) is 0.500. The first-order chi connectivity index (χ1) is 8.47. The van der Waals surface area contributed by atoms with Gasteiger partial charge in [0.1, 0.15) is 0 Å². The third kappa shape index (κ3) is 2.30. The zero-order chi connectivity index (χ0) is 13.3. The Morgan fingerprint density at radius 3 is 2.50 bits per heavy atom. The van der Waals surface area contributed by atoms with E-state index in [-0.39, 0.29) is 5.41 Å². The lowest BCUT2D eigenvalue weighted by Gasteiger charge is -2.19. The van der Waals surface area contributed by atoms with Gasteiger partial charge in [-0.15, -0.1) is 0 Å². The van der Waals surface area contributed by atoms with E-state index in [4.69, 9.17) is 0 Å². The van der Waals surface area contributed by atoms with Crippen molar-refractivity contribution in [2.75, 3.05) is 7.05 Å². The van der Waals surface area contributed by atoms with Crippen LogP contribution in [0.4, 0.5) is 0 Å². The number of aromatic nitrogens is 1. The number of H-pyrrole nitrogens is 1. The molecule has 2 nitrogen and oxygen atoms in total. The summed E-state index contributed by atoms with van der Waals surface area (Å²) in [5.74, 6) is 0. The number of fused-ring (bicyclic) bond motifs is 1. The Hall–Kier alpha value is -1.28. The minimum Gasteiger partial charge on any atom is -0.357 e. The van der Waals surface area contributed by atoms with Crippen LogP contribution in [0.1, 0.15) is 44.5 Å².